The zero-order valence-corrected chi connectivity index (χ0v) is 12.6. The van der Waals surface area contributed by atoms with E-state index in [2.05, 4.69) is 21.9 Å². The maximum Gasteiger partial charge on any atom is 0.163 e. The number of piperidine rings is 1. The van der Waals surface area contributed by atoms with Crippen LogP contribution in [-0.2, 0) is 0 Å². The molecule has 112 valence electrons. The van der Waals surface area contributed by atoms with Crippen molar-refractivity contribution < 1.29 is 9.47 Å². The average molecular weight is 287 g/mol. The van der Waals surface area contributed by atoms with E-state index in [0.29, 0.717) is 5.92 Å². The van der Waals surface area contributed by atoms with Gasteiger partial charge in [-0.25, -0.2) is 9.97 Å². The Bertz CT molecular complexity index is 609. The van der Waals surface area contributed by atoms with Crippen LogP contribution in [0.3, 0.4) is 0 Å². The molecule has 21 heavy (non-hydrogen) atoms. The highest BCUT2D eigenvalue weighted by Crippen LogP contribution is 2.32. The van der Waals surface area contributed by atoms with Gasteiger partial charge in [0.25, 0.3) is 0 Å². The van der Waals surface area contributed by atoms with Crippen molar-refractivity contribution in [3.8, 4) is 11.5 Å². The Labute approximate surface area is 124 Å². The fourth-order valence-corrected chi connectivity index (χ4v) is 2.70. The van der Waals surface area contributed by atoms with Crippen LogP contribution in [-0.4, -0.2) is 48.7 Å². The molecule has 1 saturated heterocycles. The molecule has 0 unspecified atom stereocenters. The fourth-order valence-electron chi connectivity index (χ4n) is 2.70. The van der Waals surface area contributed by atoms with Crippen LogP contribution < -0.4 is 9.47 Å². The van der Waals surface area contributed by atoms with Crippen molar-refractivity contribution in [3.63, 3.8) is 0 Å². The fraction of sp³-hybridized carbons (Fsp3) is 0.500. The first-order valence-electron chi connectivity index (χ1n) is 7.35. The summed E-state index contributed by atoms with van der Waals surface area (Å²) in [7, 11) is 3.83. The van der Waals surface area contributed by atoms with Crippen LogP contribution in [0.4, 0.5) is 0 Å². The molecular weight excluding hydrogens is 266 g/mol. The third-order valence-electron chi connectivity index (χ3n) is 4.10. The second-order valence-corrected chi connectivity index (χ2v) is 5.64. The Balaban J connectivity index is 1.73. The van der Waals surface area contributed by atoms with Gasteiger partial charge in [-0.3, -0.25) is 0 Å². The minimum absolute atomic E-state index is 0.618. The number of aromatic nitrogens is 2. The molecule has 0 aliphatic carbocycles. The van der Waals surface area contributed by atoms with E-state index in [-0.39, 0.29) is 0 Å². The van der Waals surface area contributed by atoms with E-state index in [1.54, 1.807) is 19.6 Å². The second-order valence-electron chi connectivity index (χ2n) is 5.64. The molecule has 0 atom stereocenters. The van der Waals surface area contributed by atoms with Crippen LogP contribution >= 0.6 is 0 Å². The van der Waals surface area contributed by atoms with Gasteiger partial charge in [-0.2, -0.15) is 0 Å². The van der Waals surface area contributed by atoms with Crippen LogP contribution in [0, 0.1) is 5.92 Å². The average Bonchev–Trinajstić information content (AvgIpc) is 2.53. The molecule has 0 saturated carbocycles. The first-order valence-corrected chi connectivity index (χ1v) is 7.35. The van der Waals surface area contributed by atoms with Crippen molar-refractivity contribution in [2.45, 2.75) is 12.8 Å². The summed E-state index contributed by atoms with van der Waals surface area (Å²) in [6.45, 7) is 3.03. The lowest BCUT2D eigenvalue weighted by molar-refractivity contribution is 0.157. The molecule has 1 aliphatic rings. The summed E-state index contributed by atoms with van der Waals surface area (Å²) in [4.78, 5) is 10.7. The van der Waals surface area contributed by atoms with Gasteiger partial charge in [0.15, 0.2) is 11.5 Å². The van der Waals surface area contributed by atoms with Crippen LogP contribution in [0.1, 0.15) is 12.8 Å². The standard InChI is InChI=1S/C16H21N3O2/c1-19-5-3-12(4-6-19)10-21-16-8-14-13(7-15(16)20-2)9-17-11-18-14/h7-9,11-12H,3-6,10H2,1-2H3. The van der Waals surface area contributed by atoms with Gasteiger partial charge in [0, 0.05) is 17.6 Å². The summed E-state index contributed by atoms with van der Waals surface area (Å²) in [6.07, 6.45) is 5.71. The summed E-state index contributed by atoms with van der Waals surface area (Å²) >= 11 is 0. The second kappa shape index (κ2) is 6.26. The molecule has 5 heteroatoms. The maximum atomic E-state index is 6.01. The normalized spacial score (nSPS) is 17.0. The Kier molecular flexibility index (Phi) is 4.20. The first kappa shape index (κ1) is 14.1. The van der Waals surface area contributed by atoms with Crippen LogP contribution in [0.15, 0.2) is 24.7 Å². The molecule has 1 aliphatic heterocycles. The first-order chi connectivity index (χ1) is 10.3. The van der Waals surface area contributed by atoms with Crippen molar-refractivity contribution in [2.24, 2.45) is 5.92 Å². The molecule has 2 aromatic rings. The number of rotatable bonds is 4. The molecule has 2 heterocycles. The van der Waals surface area contributed by atoms with Crippen molar-refractivity contribution in [2.75, 3.05) is 33.9 Å². The number of ether oxygens (including phenoxy) is 2. The third kappa shape index (κ3) is 3.24. The quantitative estimate of drug-likeness (QED) is 0.864. The highest BCUT2D eigenvalue weighted by Gasteiger charge is 2.18. The number of likely N-dealkylation sites (tertiary alicyclic amines) is 1. The maximum absolute atomic E-state index is 6.01. The van der Waals surface area contributed by atoms with Gasteiger partial charge >= 0.3 is 0 Å². The van der Waals surface area contributed by atoms with Gasteiger partial charge in [-0.05, 0) is 45.0 Å². The van der Waals surface area contributed by atoms with Gasteiger partial charge < -0.3 is 14.4 Å². The van der Waals surface area contributed by atoms with Gasteiger partial charge in [-0.15, -0.1) is 0 Å². The molecule has 1 aromatic heterocycles. The topological polar surface area (TPSA) is 47.5 Å². The molecule has 3 rings (SSSR count). The summed E-state index contributed by atoms with van der Waals surface area (Å²) in [6, 6.07) is 3.87. The van der Waals surface area contributed by atoms with E-state index in [4.69, 9.17) is 9.47 Å². The number of nitrogens with zero attached hydrogens (tertiary/aromatic N) is 3. The lowest BCUT2D eigenvalue weighted by Crippen LogP contribution is -2.32. The lowest BCUT2D eigenvalue weighted by atomic mass is 9.98. The number of hydrogen-bond acceptors (Lipinski definition) is 5. The zero-order chi connectivity index (χ0) is 14.7. The number of fused-ring (bicyclic) bond motifs is 1. The molecule has 0 amide bonds. The SMILES string of the molecule is COc1cc2cncnc2cc1OCC1CCN(C)CC1. The predicted molar refractivity (Wildman–Crippen MR) is 81.8 cm³/mol. The van der Waals surface area contributed by atoms with Crippen molar-refractivity contribution in [1.29, 1.82) is 0 Å². The smallest absolute Gasteiger partial charge is 0.163 e. The number of hydrogen-bond donors (Lipinski definition) is 0. The van der Waals surface area contributed by atoms with Crippen molar-refractivity contribution in [1.82, 2.24) is 14.9 Å². The Hall–Kier alpha value is -1.88. The molecule has 5 nitrogen and oxygen atoms in total. The summed E-state index contributed by atoms with van der Waals surface area (Å²) in [5.74, 6) is 2.12. The minimum atomic E-state index is 0.618. The highest BCUT2D eigenvalue weighted by atomic mass is 16.5. The number of methoxy groups -OCH3 is 1. The summed E-state index contributed by atoms with van der Waals surface area (Å²) < 4.78 is 11.4. The van der Waals surface area contributed by atoms with Crippen LogP contribution in [0.25, 0.3) is 10.9 Å². The predicted octanol–water partition coefficient (Wildman–Crippen LogP) is 2.36. The molecule has 0 N–H and O–H groups in total. The summed E-state index contributed by atoms with van der Waals surface area (Å²) in [5.41, 5.74) is 0.879. The van der Waals surface area contributed by atoms with Crippen molar-refractivity contribution >= 4 is 10.9 Å². The number of benzene rings is 1. The van der Waals surface area contributed by atoms with E-state index >= 15 is 0 Å². The Morgan fingerprint density at radius 2 is 2.05 bits per heavy atom. The Morgan fingerprint density at radius 3 is 2.81 bits per heavy atom. The van der Waals surface area contributed by atoms with Gasteiger partial charge in [0.1, 0.15) is 6.33 Å². The summed E-state index contributed by atoms with van der Waals surface area (Å²) in [5, 5.41) is 0.959. The monoisotopic (exact) mass is 287 g/mol. The third-order valence-corrected chi connectivity index (χ3v) is 4.10. The van der Waals surface area contributed by atoms with E-state index < -0.39 is 0 Å². The molecule has 0 radical (unpaired) electrons. The van der Waals surface area contributed by atoms with Gasteiger partial charge in [0.2, 0.25) is 0 Å². The molecular formula is C16H21N3O2. The minimum Gasteiger partial charge on any atom is -0.493 e. The van der Waals surface area contributed by atoms with Crippen LogP contribution in [0.2, 0.25) is 0 Å². The van der Waals surface area contributed by atoms with E-state index in [1.165, 1.54) is 12.8 Å². The lowest BCUT2D eigenvalue weighted by Gasteiger charge is -2.28. The molecule has 1 aromatic carbocycles. The van der Waals surface area contributed by atoms with Gasteiger partial charge in [0.05, 0.1) is 19.2 Å². The molecule has 0 spiro atoms. The molecule has 0 bridgehead atoms. The molecule has 1 fully saturated rings. The van der Waals surface area contributed by atoms with E-state index in [9.17, 15) is 0 Å². The van der Waals surface area contributed by atoms with Crippen molar-refractivity contribution in [3.05, 3.63) is 24.7 Å². The van der Waals surface area contributed by atoms with Gasteiger partial charge in [-0.1, -0.05) is 0 Å². The van der Waals surface area contributed by atoms with E-state index in [1.807, 2.05) is 12.1 Å². The van der Waals surface area contributed by atoms with Crippen LogP contribution in [0.5, 0.6) is 11.5 Å². The largest absolute Gasteiger partial charge is 0.493 e. The highest BCUT2D eigenvalue weighted by molar-refractivity contribution is 5.81. The Morgan fingerprint density at radius 1 is 1.24 bits per heavy atom. The zero-order valence-electron chi connectivity index (χ0n) is 12.6. The van der Waals surface area contributed by atoms with E-state index in [0.717, 1.165) is 42.1 Å².